The number of hydrogen-bond donors (Lipinski definition) is 0. The van der Waals surface area contributed by atoms with E-state index in [1.54, 1.807) is 6.92 Å². The van der Waals surface area contributed by atoms with E-state index in [0.29, 0.717) is 12.1 Å². The molecule has 24 heavy (non-hydrogen) atoms. The first-order valence-corrected chi connectivity index (χ1v) is 10.6. The fourth-order valence-electron chi connectivity index (χ4n) is 5.03. The van der Waals surface area contributed by atoms with E-state index in [2.05, 4.69) is 15.2 Å². The second kappa shape index (κ2) is 7.12. The van der Waals surface area contributed by atoms with Gasteiger partial charge in [0.05, 0.1) is 10.7 Å². The molecule has 1 aromatic rings. The lowest BCUT2D eigenvalue weighted by Crippen LogP contribution is -2.47. The van der Waals surface area contributed by atoms with Crippen molar-refractivity contribution in [1.29, 1.82) is 0 Å². The summed E-state index contributed by atoms with van der Waals surface area (Å²) < 4.78 is 0. The standard InChI is InChI=1S/C19H29N3OS/c1-14(23)22-11-5-9-18(22)17-8-4-10-21(17)12-16-13-24-19(20-16)15-6-2-3-7-15/h13,15,17-18H,2-12H2,1H3. The first-order valence-electron chi connectivity index (χ1n) is 9.68. The van der Waals surface area contributed by atoms with Gasteiger partial charge in [-0.2, -0.15) is 0 Å². The number of nitrogens with zero attached hydrogens (tertiary/aromatic N) is 3. The van der Waals surface area contributed by atoms with Crippen molar-refractivity contribution in [2.45, 2.75) is 82.8 Å². The average molecular weight is 348 g/mol. The predicted molar refractivity (Wildman–Crippen MR) is 97.2 cm³/mol. The van der Waals surface area contributed by atoms with Gasteiger partial charge in [-0.3, -0.25) is 9.69 Å². The van der Waals surface area contributed by atoms with Crippen LogP contribution >= 0.6 is 11.3 Å². The minimum atomic E-state index is 0.251. The van der Waals surface area contributed by atoms with Gasteiger partial charge in [-0.05, 0) is 45.1 Å². The molecule has 1 amide bonds. The molecule has 0 aromatic carbocycles. The van der Waals surface area contributed by atoms with Crippen LogP contribution in [0.4, 0.5) is 0 Å². The average Bonchev–Trinajstić information content (AvgIpc) is 3.35. The van der Waals surface area contributed by atoms with Crippen molar-refractivity contribution in [2.75, 3.05) is 13.1 Å². The number of carbonyl (C=O) groups excluding carboxylic acids is 1. The van der Waals surface area contributed by atoms with Gasteiger partial charge in [0.15, 0.2) is 0 Å². The molecule has 4 nitrogen and oxygen atoms in total. The minimum Gasteiger partial charge on any atom is -0.338 e. The van der Waals surface area contributed by atoms with Crippen molar-refractivity contribution < 1.29 is 4.79 Å². The van der Waals surface area contributed by atoms with Crippen LogP contribution in [0, 0.1) is 0 Å². The SMILES string of the molecule is CC(=O)N1CCCC1C1CCCN1Cc1csc(C2CCCC2)n1. The third kappa shape index (κ3) is 3.25. The summed E-state index contributed by atoms with van der Waals surface area (Å²) >= 11 is 1.87. The maximum Gasteiger partial charge on any atom is 0.219 e. The summed E-state index contributed by atoms with van der Waals surface area (Å²) in [5.74, 6) is 0.975. The van der Waals surface area contributed by atoms with E-state index >= 15 is 0 Å². The Morgan fingerprint density at radius 1 is 1.12 bits per heavy atom. The Kier molecular flexibility index (Phi) is 4.90. The zero-order chi connectivity index (χ0) is 16.5. The maximum atomic E-state index is 11.9. The van der Waals surface area contributed by atoms with Crippen molar-refractivity contribution in [2.24, 2.45) is 0 Å². The van der Waals surface area contributed by atoms with Crippen LogP contribution in [0.2, 0.25) is 0 Å². The molecule has 1 saturated carbocycles. The molecular weight excluding hydrogens is 318 g/mol. The second-order valence-electron chi connectivity index (χ2n) is 7.76. The summed E-state index contributed by atoms with van der Waals surface area (Å²) in [4.78, 5) is 21.6. The quantitative estimate of drug-likeness (QED) is 0.832. The second-order valence-corrected chi connectivity index (χ2v) is 8.65. The molecule has 2 aliphatic heterocycles. The lowest BCUT2D eigenvalue weighted by Gasteiger charge is -2.34. The fraction of sp³-hybridized carbons (Fsp3) is 0.789. The molecule has 0 spiro atoms. The highest BCUT2D eigenvalue weighted by atomic mass is 32.1. The maximum absolute atomic E-state index is 11.9. The van der Waals surface area contributed by atoms with Crippen molar-refractivity contribution in [3.63, 3.8) is 0 Å². The highest BCUT2D eigenvalue weighted by Gasteiger charge is 2.38. The summed E-state index contributed by atoms with van der Waals surface area (Å²) in [5, 5.41) is 3.64. The molecule has 132 valence electrons. The summed E-state index contributed by atoms with van der Waals surface area (Å²) in [5.41, 5.74) is 1.25. The van der Waals surface area contributed by atoms with Crippen molar-refractivity contribution in [1.82, 2.24) is 14.8 Å². The van der Waals surface area contributed by atoms with Gasteiger partial charge in [-0.15, -0.1) is 11.3 Å². The van der Waals surface area contributed by atoms with Gasteiger partial charge in [0.2, 0.25) is 5.91 Å². The molecule has 2 saturated heterocycles. The van der Waals surface area contributed by atoms with Gasteiger partial charge < -0.3 is 4.90 Å². The largest absolute Gasteiger partial charge is 0.338 e. The van der Waals surface area contributed by atoms with E-state index in [4.69, 9.17) is 4.98 Å². The monoisotopic (exact) mass is 347 g/mol. The summed E-state index contributed by atoms with van der Waals surface area (Å²) in [7, 11) is 0. The third-order valence-corrected chi connectivity index (χ3v) is 7.26. The van der Waals surface area contributed by atoms with Crippen molar-refractivity contribution in [3.8, 4) is 0 Å². The molecule has 0 N–H and O–H groups in total. The minimum absolute atomic E-state index is 0.251. The number of carbonyl (C=O) groups is 1. The van der Waals surface area contributed by atoms with Crippen molar-refractivity contribution in [3.05, 3.63) is 16.1 Å². The first-order chi connectivity index (χ1) is 11.7. The van der Waals surface area contributed by atoms with E-state index in [1.807, 2.05) is 11.3 Å². The number of aromatic nitrogens is 1. The van der Waals surface area contributed by atoms with Gasteiger partial charge in [-0.25, -0.2) is 4.98 Å². The predicted octanol–water partition coefficient (Wildman–Crippen LogP) is 3.78. The molecule has 2 atom stereocenters. The van der Waals surface area contributed by atoms with Crippen LogP contribution in [-0.2, 0) is 11.3 Å². The van der Waals surface area contributed by atoms with Crippen LogP contribution < -0.4 is 0 Å². The Balaban J connectivity index is 1.42. The van der Waals surface area contributed by atoms with E-state index in [0.717, 1.165) is 32.0 Å². The van der Waals surface area contributed by atoms with Crippen molar-refractivity contribution >= 4 is 17.2 Å². The lowest BCUT2D eigenvalue weighted by molar-refractivity contribution is -0.130. The van der Waals surface area contributed by atoms with Gasteiger partial charge in [0, 0.05) is 43.4 Å². The van der Waals surface area contributed by atoms with Gasteiger partial charge in [0.1, 0.15) is 0 Å². The molecule has 0 radical (unpaired) electrons. The number of likely N-dealkylation sites (tertiary alicyclic amines) is 2. The first kappa shape index (κ1) is 16.5. The highest BCUT2D eigenvalue weighted by Crippen LogP contribution is 2.36. The van der Waals surface area contributed by atoms with E-state index in [1.165, 1.54) is 55.6 Å². The fourth-order valence-corrected chi connectivity index (χ4v) is 6.01. The normalized spacial score (nSPS) is 29.0. The van der Waals surface area contributed by atoms with E-state index in [9.17, 15) is 4.79 Å². The zero-order valence-electron chi connectivity index (χ0n) is 14.7. The zero-order valence-corrected chi connectivity index (χ0v) is 15.6. The van der Waals surface area contributed by atoms with E-state index in [-0.39, 0.29) is 5.91 Å². The van der Waals surface area contributed by atoms with Crippen LogP contribution in [0.1, 0.15) is 74.9 Å². The molecule has 2 unspecified atom stereocenters. The molecule has 3 heterocycles. The Bertz CT molecular complexity index is 581. The molecule has 5 heteroatoms. The Labute approximate surface area is 149 Å². The van der Waals surface area contributed by atoms with Crippen LogP contribution in [0.3, 0.4) is 0 Å². The molecule has 1 aromatic heterocycles. The molecule has 3 fully saturated rings. The van der Waals surface area contributed by atoms with Crippen LogP contribution in [0.15, 0.2) is 5.38 Å². The summed E-state index contributed by atoms with van der Waals surface area (Å²) in [6.07, 6.45) is 10.2. The highest BCUT2D eigenvalue weighted by molar-refractivity contribution is 7.09. The molecule has 0 bridgehead atoms. The topological polar surface area (TPSA) is 36.4 Å². The molecule has 1 aliphatic carbocycles. The van der Waals surface area contributed by atoms with E-state index < -0.39 is 0 Å². The summed E-state index contributed by atoms with van der Waals surface area (Å²) in [6.45, 7) is 4.80. The van der Waals surface area contributed by atoms with Gasteiger partial charge in [0.25, 0.3) is 0 Å². The third-order valence-electron chi connectivity index (χ3n) is 6.20. The number of thiazole rings is 1. The molecule has 3 aliphatic rings. The summed E-state index contributed by atoms with van der Waals surface area (Å²) in [6, 6.07) is 0.964. The molecule has 4 rings (SSSR count). The Hall–Kier alpha value is -0.940. The van der Waals surface area contributed by atoms with Crippen LogP contribution in [-0.4, -0.2) is 45.9 Å². The van der Waals surface area contributed by atoms with Crippen LogP contribution in [0.25, 0.3) is 0 Å². The number of rotatable bonds is 4. The number of hydrogen-bond acceptors (Lipinski definition) is 4. The molecular formula is C19H29N3OS. The Morgan fingerprint density at radius 2 is 1.88 bits per heavy atom. The Morgan fingerprint density at radius 3 is 2.67 bits per heavy atom. The number of amides is 1. The lowest BCUT2D eigenvalue weighted by atomic mass is 10.0. The van der Waals surface area contributed by atoms with Crippen LogP contribution in [0.5, 0.6) is 0 Å². The van der Waals surface area contributed by atoms with Gasteiger partial charge in [-0.1, -0.05) is 12.8 Å². The smallest absolute Gasteiger partial charge is 0.219 e. The van der Waals surface area contributed by atoms with Gasteiger partial charge >= 0.3 is 0 Å².